The highest BCUT2D eigenvalue weighted by Crippen LogP contribution is 2.17. The SMILES string of the molecule is Cc1ccc(NC(=O)Cn2nnc(C(=O)Nc3ccccc3F)c2N)c(C)c1. The monoisotopic (exact) mass is 382 g/mol. The van der Waals surface area contributed by atoms with Gasteiger partial charge in [-0.3, -0.25) is 9.59 Å². The standard InChI is InChI=1S/C19H19FN6O2/c1-11-7-8-14(12(2)9-11)22-16(27)10-26-18(21)17(24-25-26)19(28)23-15-6-4-3-5-13(15)20/h3-9H,10,21H2,1-2H3,(H,22,27)(H,23,28). The van der Waals surface area contributed by atoms with E-state index in [0.717, 1.165) is 15.8 Å². The van der Waals surface area contributed by atoms with E-state index in [1.54, 1.807) is 12.1 Å². The van der Waals surface area contributed by atoms with Gasteiger partial charge in [0, 0.05) is 5.69 Å². The van der Waals surface area contributed by atoms with Crippen molar-refractivity contribution in [3.63, 3.8) is 0 Å². The van der Waals surface area contributed by atoms with Crippen molar-refractivity contribution >= 4 is 29.0 Å². The molecule has 0 spiro atoms. The third-order valence-electron chi connectivity index (χ3n) is 4.06. The summed E-state index contributed by atoms with van der Waals surface area (Å²) in [5.74, 6) is -1.77. The molecule has 9 heteroatoms. The van der Waals surface area contributed by atoms with Gasteiger partial charge >= 0.3 is 0 Å². The Morgan fingerprint density at radius 3 is 2.57 bits per heavy atom. The van der Waals surface area contributed by atoms with Gasteiger partial charge in [0.05, 0.1) is 5.69 Å². The van der Waals surface area contributed by atoms with Crippen LogP contribution in [0.15, 0.2) is 42.5 Å². The number of amides is 2. The Bertz CT molecular complexity index is 1050. The van der Waals surface area contributed by atoms with Gasteiger partial charge in [0.15, 0.2) is 11.5 Å². The van der Waals surface area contributed by atoms with Crippen molar-refractivity contribution < 1.29 is 14.0 Å². The number of nitrogen functional groups attached to an aromatic ring is 1. The molecule has 0 saturated carbocycles. The first-order valence-electron chi connectivity index (χ1n) is 8.47. The average Bonchev–Trinajstić information content (AvgIpc) is 3.00. The number of carbonyl (C=O) groups excluding carboxylic acids is 2. The molecule has 0 fully saturated rings. The number of nitrogens with zero attached hydrogens (tertiary/aromatic N) is 3. The number of aromatic nitrogens is 3. The molecule has 0 aliphatic rings. The van der Waals surface area contributed by atoms with Crippen molar-refractivity contribution in [3.05, 3.63) is 65.1 Å². The fourth-order valence-corrected chi connectivity index (χ4v) is 2.62. The molecule has 0 bridgehead atoms. The first-order chi connectivity index (χ1) is 13.3. The number of aryl methyl sites for hydroxylation is 2. The summed E-state index contributed by atoms with van der Waals surface area (Å²) in [6.07, 6.45) is 0. The van der Waals surface area contributed by atoms with Gasteiger partial charge < -0.3 is 16.4 Å². The molecule has 4 N–H and O–H groups in total. The molecule has 3 aromatic rings. The number of nitrogens with one attached hydrogen (secondary N) is 2. The molecule has 2 aromatic carbocycles. The summed E-state index contributed by atoms with van der Waals surface area (Å²) in [7, 11) is 0. The highest BCUT2D eigenvalue weighted by molar-refractivity contribution is 6.05. The van der Waals surface area contributed by atoms with Crippen molar-refractivity contribution in [2.24, 2.45) is 0 Å². The average molecular weight is 382 g/mol. The predicted octanol–water partition coefficient (Wildman–Crippen LogP) is 2.51. The number of hydrogen-bond donors (Lipinski definition) is 3. The Labute approximate surface area is 160 Å². The Balaban J connectivity index is 1.69. The van der Waals surface area contributed by atoms with Crippen molar-refractivity contribution in [1.29, 1.82) is 0 Å². The van der Waals surface area contributed by atoms with Gasteiger partial charge in [0.25, 0.3) is 5.91 Å². The minimum Gasteiger partial charge on any atom is -0.382 e. The number of benzene rings is 2. The van der Waals surface area contributed by atoms with Crippen LogP contribution in [-0.4, -0.2) is 26.8 Å². The number of rotatable bonds is 5. The topological polar surface area (TPSA) is 115 Å². The van der Waals surface area contributed by atoms with Crippen molar-refractivity contribution in [1.82, 2.24) is 15.0 Å². The van der Waals surface area contributed by atoms with Crippen LogP contribution >= 0.6 is 0 Å². The number of para-hydroxylation sites is 1. The van der Waals surface area contributed by atoms with Gasteiger partial charge in [0.2, 0.25) is 5.91 Å². The van der Waals surface area contributed by atoms with E-state index < -0.39 is 11.7 Å². The van der Waals surface area contributed by atoms with Gasteiger partial charge in [-0.25, -0.2) is 9.07 Å². The Morgan fingerprint density at radius 2 is 1.86 bits per heavy atom. The quantitative estimate of drug-likeness (QED) is 0.627. The molecule has 1 heterocycles. The van der Waals surface area contributed by atoms with E-state index in [-0.39, 0.29) is 29.7 Å². The van der Waals surface area contributed by atoms with E-state index in [0.29, 0.717) is 5.69 Å². The van der Waals surface area contributed by atoms with Crippen LogP contribution in [0.1, 0.15) is 21.6 Å². The van der Waals surface area contributed by atoms with E-state index in [1.807, 2.05) is 26.0 Å². The lowest BCUT2D eigenvalue weighted by atomic mass is 10.1. The lowest BCUT2D eigenvalue weighted by Gasteiger charge is -2.09. The third-order valence-corrected chi connectivity index (χ3v) is 4.06. The molecule has 0 radical (unpaired) electrons. The van der Waals surface area contributed by atoms with Gasteiger partial charge in [-0.2, -0.15) is 0 Å². The van der Waals surface area contributed by atoms with E-state index in [4.69, 9.17) is 5.73 Å². The predicted molar refractivity (Wildman–Crippen MR) is 103 cm³/mol. The molecule has 0 unspecified atom stereocenters. The second-order valence-corrected chi connectivity index (χ2v) is 6.28. The van der Waals surface area contributed by atoms with Crippen LogP contribution < -0.4 is 16.4 Å². The second-order valence-electron chi connectivity index (χ2n) is 6.28. The molecule has 144 valence electrons. The molecule has 0 aliphatic carbocycles. The Morgan fingerprint density at radius 1 is 1.11 bits per heavy atom. The molecule has 1 aromatic heterocycles. The van der Waals surface area contributed by atoms with Crippen LogP contribution in [0.3, 0.4) is 0 Å². The smallest absolute Gasteiger partial charge is 0.280 e. The lowest BCUT2D eigenvalue weighted by molar-refractivity contribution is -0.116. The maximum atomic E-state index is 13.7. The minimum atomic E-state index is -0.719. The van der Waals surface area contributed by atoms with Crippen LogP contribution in [0.25, 0.3) is 0 Å². The zero-order chi connectivity index (χ0) is 20.3. The normalized spacial score (nSPS) is 10.5. The fourth-order valence-electron chi connectivity index (χ4n) is 2.62. The molecule has 0 atom stereocenters. The summed E-state index contributed by atoms with van der Waals surface area (Å²) < 4.78 is 14.8. The highest BCUT2D eigenvalue weighted by Gasteiger charge is 2.20. The molecule has 0 saturated heterocycles. The number of nitrogens with two attached hydrogens (primary N) is 1. The molecule has 28 heavy (non-hydrogen) atoms. The van der Waals surface area contributed by atoms with E-state index in [1.165, 1.54) is 18.2 Å². The Kier molecular flexibility index (Phi) is 5.35. The number of carbonyl (C=O) groups is 2. The number of hydrogen-bond acceptors (Lipinski definition) is 5. The molecular formula is C19H19FN6O2. The zero-order valence-electron chi connectivity index (χ0n) is 15.4. The maximum Gasteiger partial charge on any atom is 0.280 e. The molecular weight excluding hydrogens is 363 g/mol. The highest BCUT2D eigenvalue weighted by atomic mass is 19.1. The van der Waals surface area contributed by atoms with Crippen LogP contribution in [0.5, 0.6) is 0 Å². The largest absolute Gasteiger partial charge is 0.382 e. The molecule has 3 rings (SSSR count). The minimum absolute atomic E-state index is 0.00552. The number of anilines is 3. The summed E-state index contributed by atoms with van der Waals surface area (Å²) in [5.41, 5.74) is 8.37. The van der Waals surface area contributed by atoms with Crippen molar-refractivity contribution in [2.45, 2.75) is 20.4 Å². The zero-order valence-corrected chi connectivity index (χ0v) is 15.4. The molecule has 8 nitrogen and oxygen atoms in total. The lowest BCUT2D eigenvalue weighted by Crippen LogP contribution is -2.22. The molecule has 0 aliphatic heterocycles. The van der Waals surface area contributed by atoms with Crippen LogP contribution in [0.4, 0.5) is 21.6 Å². The third kappa shape index (κ3) is 4.14. The molecule has 2 amide bonds. The maximum absolute atomic E-state index is 13.7. The van der Waals surface area contributed by atoms with E-state index in [2.05, 4.69) is 20.9 Å². The first kappa shape index (κ1) is 19.0. The van der Waals surface area contributed by atoms with Crippen molar-refractivity contribution in [2.75, 3.05) is 16.4 Å². The summed E-state index contributed by atoms with van der Waals surface area (Å²) >= 11 is 0. The van der Waals surface area contributed by atoms with Crippen molar-refractivity contribution in [3.8, 4) is 0 Å². The van der Waals surface area contributed by atoms with Gasteiger partial charge in [-0.1, -0.05) is 35.0 Å². The van der Waals surface area contributed by atoms with Crippen LogP contribution in [-0.2, 0) is 11.3 Å². The first-order valence-corrected chi connectivity index (χ1v) is 8.47. The second kappa shape index (κ2) is 7.87. The van der Waals surface area contributed by atoms with Gasteiger partial charge in [-0.15, -0.1) is 5.10 Å². The van der Waals surface area contributed by atoms with Gasteiger partial charge in [-0.05, 0) is 37.6 Å². The summed E-state index contributed by atoms with van der Waals surface area (Å²) in [6.45, 7) is 3.62. The Hall–Kier alpha value is -3.75. The van der Waals surface area contributed by atoms with Crippen LogP contribution in [0.2, 0.25) is 0 Å². The summed E-state index contributed by atoms with van der Waals surface area (Å²) in [5, 5.41) is 12.6. The van der Waals surface area contributed by atoms with Gasteiger partial charge in [0.1, 0.15) is 12.4 Å². The van der Waals surface area contributed by atoms with E-state index >= 15 is 0 Å². The van der Waals surface area contributed by atoms with Crippen LogP contribution in [0, 0.1) is 19.7 Å². The summed E-state index contributed by atoms with van der Waals surface area (Å²) in [6, 6.07) is 11.3. The fraction of sp³-hybridized carbons (Fsp3) is 0.158. The number of halogens is 1. The summed E-state index contributed by atoms with van der Waals surface area (Å²) in [4.78, 5) is 24.6. The van der Waals surface area contributed by atoms with E-state index in [9.17, 15) is 14.0 Å².